The summed E-state index contributed by atoms with van der Waals surface area (Å²) in [6.45, 7) is 3.89. The second-order valence-corrected chi connectivity index (χ2v) is 6.54. The number of nitrogens with zero attached hydrogens (tertiary/aromatic N) is 3. The van der Waals surface area contributed by atoms with Gasteiger partial charge in [0.25, 0.3) is 5.56 Å². The number of aromatic nitrogens is 3. The Morgan fingerprint density at radius 3 is 2.70 bits per heavy atom. The van der Waals surface area contributed by atoms with Gasteiger partial charge in [0.2, 0.25) is 0 Å². The van der Waals surface area contributed by atoms with E-state index in [0.717, 1.165) is 22.3 Å². The van der Waals surface area contributed by atoms with Crippen LogP contribution in [0, 0.1) is 13.8 Å². The SMILES string of the molecule is Cc1cc2ccccc2n1CC(=O)OCc1cc(=O)n2c(C)cccc2n1. The van der Waals surface area contributed by atoms with E-state index >= 15 is 0 Å². The average Bonchev–Trinajstić information content (AvgIpc) is 2.95. The first kappa shape index (κ1) is 17.0. The highest BCUT2D eigenvalue weighted by Crippen LogP contribution is 2.19. The Labute approximate surface area is 155 Å². The van der Waals surface area contributed by atoms with Crippen LogP contribution in [0.2, 0.25) is 0 Å². The molecule has 0 saturated heterocycles. The molecule has 0 unspecified atom stereocenters. The minimum Gasteiger partial charge on any atom is -0.458 e. The van der Waals surface area contributed by atoms with Gasteiger partial charge in [0.15, 0.2) is 0 Å². The second-order valence-electron chi connectivity index (χ2n) is 6.54. The van der Waals surface area contributed by atoms with Crippen LogP contribution in [-0.4, -0.2) is 19.9 Å². The third-order valence-electron chi connectivity index (χ3n) is 4.62. The molecule has 0 bridgehead atoms. The standard InChI is InChI=1S/C21H19N3O3/c1-14-6-5-9-19-22-17(11-20(25)24(14)19)13-27-21(26)12-23-15(2)10-16-7-3-4-8-18(16)23/h3-11H,12-13H2,1-2H3. The Bertz CT molecular complexity index is 1220. The van der Waals surface area contributed by atoms with Crippen LogP contribution in [0.3, 0.4) is 0 Å². The lowest BCUT2D eigenvalue weighted by atomic mass is 10.2. The number of esters is 1. The van der Waals surface area contributed by atoms with E-state index in [0.29, 0.717) is 11.3 Å². The first-order chi connectivity index (χ1) is 13.0. The van der Waals surface area contributed by atoms with E-state index in [9.17, 15) is 9.59 Å². The van der Waals surface area contributed by atoms with Crippen LogP contribution < -0.4 is 5.56 Å². The highest BCUT2D eigenvalue weighted by Gasteiger charge is 2.12. The summed E-state index contributed by atoms with van der Waals surface area (Å²) in [5.74, 6) is -0.370. The van der Waals surface area contributed by atoms with Gasteiger partial charge in [0, 0.05) is 23.0 Å². The first-order valence-electron chi connectivity index (χ1n) is 8.72. The van der Waals surface area contributed by atoms with Crippen molar-refractivity contribution in [2.45, 2.75) is 27.0 Å². The van der Waals surface area contributed by atoms with Crippen molar-refractivity contribution in [3.63, 3.8) is 0 Å². The predicted molar refractivity (Wildman–Crippen MR) is 103 cm³/mol. The van der Waals surface area contributed by atoms with Gasteiger partial charge in [0.05, 0.1) is 5.69 Å². The van der Waals surface area contributed by atoms with E-state index < -0.39 is 0 Å². The van der Waals surface area contributed by atoms with Crippen LogP contribution in [-0.2, 0) is 22.7 Å². The Balaban J connectivity index is 1.52. The molecule has 0 fully saturated rings. The molecule has 0 aliphatic rings. The molecule has 0 amide bonds. The van der Waals surface area contributed by atoms with E-state index in [1.54, 1.807) is 6.07 Å². The summed E-state index contributed by atoms with van der Waals surface area (Å²) in [6, 6.07) is 16.8. The van der Waals surface area contributed by atoms with Crippen LogP contribution in [0.25, 0.3) is 16.6 Å². The largest absolute Gasteiger partial charge is 0.458 e. The molecule has 0 radical (unpaired) electrons. The van der Waals surface area contributed by atoms with Crippen molar-refractivity contribution in [1.29, 1.82) is 0 Å². The average molecular weight is 361 g/mol. The molecule has 6 nitrogen and oxygen atoms in total. The molecule has 3 aromatic heterocycles. The van der Waals surface area contributed by atoms with Gasteiger partial charge in [-0.1, -0.05) is 24.3 Å². The number of hydrogen-bond donors (Lipinski definition) is 0. The summed E-state index contributed by atoms with van der Waals surface area (Å²) < 4.78 is 8.82. The summed E-state index contributed by atoms with van der Waals surface area (Å²) in [5, 5.41) is 1.09. The maximum atomic E-state index is 12.3. The molecule has 0 aliphatic carbocycles. The quantitative estimate of drug-likeness (QED) is 0.524. The molecule has 0 saturated carbocycles. The number of rotatable bonds is 4. The maximum Gasteiger partial charge on any atom is 0.326 e. The van der Waals surface area contributed by atoms with E-state index in [1.165, 1.54) is 10.5 Å². The van der Waals surface area contributed by atoms with Gasteiger partial charge in [-0.25, -0.2) is 4.98 Å². The summed E-state index contributed by atoms with van der Waals surface area (Å²) >= 11 is 0. The van der Waals surface area contributed by atoms with Gasteiger partial charge in [-0.15, -0.1) is 0 Å². The van der Waals surface area contributed by atoms with Gasteiger partial charge < -0.3 is 9.30 Å². The van der Waals surface area contributed by atoms with Crippen molar-refractivity contribution < 1.29 is 9.53 Å². The van der Waals surface area contributed by atoms with E-state index in [1.807, 2.05) is 60.9 Å². The van der Waals surface area contributed by atoms with Gasteiger partial charge >= 0.3 is 5.97 Å². The number of ether oxygens (including phenoxy) is 1. The Hall–Kier alpha value is -3.41. The minimum absolute atomic E-state index is 0.0310. The molecule has 6 heteroatoms. The molecule has 27 heavy (non-hydrogen) atoms. The fourth-order valence-electron chi connectivity index (χ4n) is 3.33. The Kier molecular flexibility index (Phi) is 4.24. The van der Waals surface area contributed by atoms with Crippen LogP contribution in [0.5, 0.6) is 0 Å². The molecule has 0 N–H and O–H groups in total. The minimum atomic E-state index is -0.370. The van der Waals surface area contributed by atoms with Crippen molar-refractivity contribution in [1.82, 2.24) is 14.0 Å². The number of aryl methyl sites for hydroxylation is 2. The zero-order valence-corrected chi connectivity index (χ0v) is 15.2. The number of fused-ring (bicyclic) bond motifs is 2. The lowest BCUT2D eigenvalue weighted by Gasteiger charge is -2.10. The molecule has 0 aliphatic heterocycles. The lowest BCUT2D eigenvalue weighted by molar-refractivity contribution is -0.145. The van der Waals surface area contributed by atoms with Gasteiger partial charge in [-0.2, -0.15) is 0 Å². The number of pyridine rings is 1. The summed E-state index contributed by atoms with van der Waals surface area (Å²) in [7, 11) is 0. The zero-order valence-electron chi connectivity index (χ0n) is 15.2. The van der Waals surface area contributed by atoms with Crippen molar-refractivity contribution in [2.75, 3.05) is 0 Å². The van der Waals surface area contributed by atoms with Crippen molar-refractivity contribution in [3.05, 3.63) is 82.0 Å². The van der Waals surface area contributed by atoms with E-state index in [2.05, 4.69) is 4.98 Å². The van der Waals surface area contributed by atoms with Crippen LogP contribution >= 0.6 is 0 Å². The van der Waals surface area contributed by atoms with Gasteiger partial charge in [0.1, 0.15) is 18.8 Å². The molecule has 1 aromatic carbocycles. The summed E-state index contributed by atoms with van der Waals surface area (Å²) in [5.41, 5.74) is 3.59. The fourth-order valence-corrected chi connectivity index (χ4v) is 3.33. The number of para-hydroxylation sites is 1. The summed E-state index contributed by atoms with van der Waals surface area (Å²) in [4.78, 5) is 29.0. The van der Waals surface area contributed by atoms with Crippen molar-refractivity contribution in [3.8, 4) is 0 Å². The number of hydrogen-bond acceptors (Lipinski definition) is 4. The van der Waals surface area contributed by atoms with E-state index in [4.69, 9.17) is 4.74 Å². The molecule has 4 rings (SSSR count). The Morgan fingerprint density at radius 1 is 1.04 bits per heavy atom. The van der Waals surface area contributed by atoms with Crippen LogP contribution in [0.15, 0.2) is 59.4 Å². The van der Waals surface area contributed by atoms with Gasteiger partial charge in [-0.05, 0) is 43.5 Å². The van der Waals surface area contributed by atoms with Crippen LogP contribution in [0.1, 0.15) is 17.1 Å². The number of carbonyl (C=O) groups excluding carboxylic acids is 1. The lowest BCUT2D eigenvalue weighted by Crippen LogP contribution is -2.19. The third kappa shape index (κ3) is 3.21. The Morgan fingerprint density at radius 2 is 1.85 bits per heavy atom. The molecular formula is C21H19N3O3. The topological polar surface area (TPSA) is 65.6 Å². The normalized spacial score (nSPS) is 11.2. The first-order valence-corrected chi connectivity index (χ1v) is 8.72. The monoisotopic (exact) mass is 361 g/mol. The van der Waals surface area contributed by atoms with E-state index in [-0.39, 0.29) is 24.7 Å². The van der Waals surface area contributed by atoms with Crippen molar-refractivity contribution >= 4 is 22.5 Å². The van der Waals surface area contributed by atoms with Crippen molar-refractivity contribution in [2.24, 2.45) is 0 Å². The third-order valence-corrected chi connectivity index (χ3v) is 4.62. The highest BCUT2D eigenvalue weighted by atomic mass is 16.5. The maximum absolute atomic E-state index is 12.3. The molecule has 3 heterocycles. The smallest absolute Gasteiger partial charge is 0.326 e. The molecule has 0 spiro atoms. The fraction of sp³-hybridized carbons (Fsp3) is 0.190. The molecule has 4 aromatic rings. The van der Waals surface area contributed by atoms with Crippen LogP contribution in [0.4, 0.5) is 0 Å². The van der Waals surface area contributed by atoms with Gasteiger partial charge in [-0.3, -0.25) is 14.0 Å². The zero-order chi connectivity index (χ0) is 19.0. The molecular weight excluding hydrogens is 342 g/mol. The summed E-state index contributed by atoms with van der Waals surface area (Å²) in [6.07, 6.45) is 0. The molecule has 136 valence electrons. The number of benzene rings is 1. The molecule has 0 atom stereocenters. The number of carbonyl (C=O) groups is 1. The second kappa shape index (κ2) is 6.72. The predicted octanol–water partition coefficient (Wildman–Crippen LogP) is 3.01. The highest BCUT2D eigenvalue weighted by molar-refractivity contribution is 5.83.